The molecule has 1 aliphatic heterocycles. The van der Waals surface area contributed by atoms with E-state index in [4.69, 9.17) is 5.11 Å². The summed E-state index contributed by atoms with van der Waals surface area (Å²) < 4.78 is 0. The van der Waals surface area contributed by atoms with Gasteiger partial charge in [-0.3, -0.25) is 4.79 Å². The van der Waals surface area contributed by atoms with Crippen LogP contribution in [-0.2, 0) is 11.2 Å². The average Bonchev–Trinajstić information content (AvgIpc) is 2.71. The number of hydrogen-bond acceptors (Lipinski definition) is 3. The van der Waals surface area contributed by atoms with Crippen molar-refractivity contribution in [3.8, 4) is 0 Å². The third-order valence-electron chi connectivity index (χ3n) is 2.81. The number of carboxylic acid groups (broad SMARTS) is 1. The molecule has 2 unspecified atom stereocenters. The second-order valence-electron chi connectivity index (χ2n) is 4.33. The van der Waals surface area contributed by atoms with E-state index >= 15 is 0 Å². The molecule has 1 N–H and O–H groups in total. The Hall–Kier alpha value is -0.610. The molecule has 4 heteroatoms. The van der Waals surface area contributed by atoms with Gasteiger partial charge >= 0.3 is 5.97 Å². The summed E-state index contributed by atoms with van der Waals surface area (Å²) in [6, 6.07) is 8.52. The first-order chi connectivity index (χ1) is 8.16. The first-order valence-electron chi connectivity index (χ1n) is 5.72. The molecule has 1 aliphatic rings. The van der Waals surface area contributed by atoms with Gasteiger partial charge in [-0.1, -0.05) is 25.1 Å². The standard InChI is InChI=1S/C13H16O2S2/c1-9(13(14)15)7-16-8-11-6-10-4-2-3-5-12(10)17-11/h2-5,9,11H,6-8H2,1H3,(H,14,15). The fraction of sp³-hybridized carbons (Fsp3) is 0.462. The monoisotopic (exact) mass is 268 g/mol. The van der Waals surface area contributed by atoms with E-state index in [2.05, 4.69) is 24.3 Å². The van der Waals surface area contributed by atoms with Crippen molar-refractivity contribution in [3.63, 3.8) is 0 Å². The van der Waals surface area contributed by atoms with Crippen LogP contribution in [0.15, 0.2) is 29.2 Å². The second kappa shape index (κ2) is 5.83. The van der Waals surface area contributed by atoms with Crippen molar-refractivity contribution in [1.29, 1.82) is 0 Å². The molecule has 0 aromatic heterocycles. The zero-order chi connectivity index (χ0) is 12.3. The van der Waals surface area contributed by atoms with E-state index in [9.17, 15) is 4.79 Å². The lowest BCUT2D eigenvalue weighted by Crippen LogP contribution is -2.14. The Labute approximate surface area is 110 Å². The van der Waals surface area contributed by atoms with E-state index in [-0.39, 0.29) is 5.92 Å². The molecule has 92 valence electrons. The third kappa shape index (κ3) is 3.42. The minimum Gasteiger partial charge on any atom is -0.481 e. The highest BCUT2D eigenvalue weighted by Gasteiger charge is 2.22. The van der Waals surface area contributed by atoms with Crippen molar-refractivity contribution in [2.75, 3.05) is 11.5 Å². The molecular formula is C13H16O2S2. The quantitative estimate of drug-likeness (QED) is 0.890. The molecular weight excluding hydrogens is 252 g/mol. The van der Waals surface area contributed by atoms with E-state index in [1.165, 1.54) is 10.5 Å². The Kier molecular flexibility index (Phi) is 4.40. The van der Waals surface area contributed by atoms with Crippen LogP contribution in [0.2, 0.25) is 0 Å². The van der Waals surface area contributed by atoms with Crippen LogP contribution >= 0.6 is 23.5 Å². The van der Waals surface area contributed by atoms with Crippen LogP contribution in [0.5, 0.6) is 0 Å². The molecule has 0 spiro atoms. The van der Waals surface area contributed by atoms with Crippen LogP contribution < -0.4 is 0 Å². The minimum absolute atomic E-state index is 0.242. The fourth-order valence-corrected chi connectivity index (χ4v) is 4.45. The molecule has 2 rings (SSSR count). The molecule has 0 fully saturated rings. The first kappa shape index (κ1) is 12.8. The van der Waals surface area contributed by atoms with E-state index in [0.29, 0.717) is 11.0 Å². The van der Waals surface area contributed by atoms with Gasteiger partial charge in [0.05, 0.1) is 5.92 Å². The predicted molar refractivity (Wildman–Crippen MR) is 73.9 cm³/mol. The molecule has 1 aromatic carbocycles. The van der Waals surface area contributed by atoms with Crippen molar-refractivity contribution in [3.05, 3.63) is 29.8 Å². The summed E-state index contributed by atoms with van der Waals surface area (Å²) >= 11 is 3.68. The average molecular weight is 268 g/mol. The predicted octanol–water partition coefficient (Wildman–Crippen LogP) is 3.16. The summed E-state index contributed by atoms with van der Waals surface area (Å²) in [6.07, 6.45) is 1.12. The van der Waals surface area contributed by atoms with Crippen molar-refractivity contribution >= 4 is 29.5 Å². The van der Waals surface area contributed by atoms with Gasteiger partial charge in [0.1, 0.15) is 0 Å². The molecule has 1 aromatic rings. The van der Waals surface area contributed by atoms with E-state index in [1.54, 1.807) is 18.7 Å². The van der Waals surface area contributed by atoms with Crippen LogP contribution in [0, 0.1) is 5.92 Å². The van der Waals surface area contributed by atoms with Crippen molar-refractivity contribution in [1.82, 2.24) is 0 Å². The largest absolute Gasteiger partial charge is 0.481 e. The molecule has 2 nitrogen and oxygen atoms in total. The third-order valence-corrected chi connectivity index (χ3v) is 5.71. The Morgan fingerprint density at radius 1 is 1.59 bits per heavy atom. The fourth-order valence-electron chi connectivity index (χ4n) is 1.79. The number of hydrogen-bond donors (Lipinski definition) is 1. The van der Waals surface area contributed by atoms with Gasteiger partial charge in [0.2, 0.25) is 0 Å². The summed E-state index contributed by atoms with van der Waals surface area (Å²) in [5, 5.41) is 9.41. The van der Waals surface area contributed by atoms with Gasteiger partial charge in [0.25, 0.3) is 0 Å². The molecule has 0 aliphatic carbocycles. The number of aliphatic carboxylic acids is 1. The van der Waals surface area contributed by atoms with Crippen LogP contribution in [0.3, 0.4) is 0 Å². The van der Waals surface area contributed by atoms with Crippen LogP contribution in [0.4, 0.5) is 0 Å². The maximum Gasteiger partial charge on any atom is 0.307 e. The number of rotatable bonds is 5. The molecule has 0 saturated carbocycles. The number of thioether (sulfide) groups is 2. The van der Waals surface area contributed by atoms with E-state index < -0.39 is 5.97 Å². The van der Waals surface area contributed by atoms with Crippen molar-refractivity contribution in [2.45, 2.75) is 23.5 Å². The van der Waals surface area contributed by atoms with Crippen molar-refractivity contribution in [2.24, 2.45) is 5.92 Å². The normalized spacial score (nSPS) is 19.9. The molecule has 0 saturated heterocycles. The Balaban J connectivity index is 1.75. The summed E-state index contributed by atoms with van der Waals surface area (Å²) in [7, 11) is 0. The Morgan fingerprint density at radius 2 is 2.35 bits per heavy atom. The van der Waals surface area contributed by atoms with Gasteiger partial charge in [0, 0.05) is 21.7 Å². The van der Waals surface area contributed by atoms with Crippen LogP contribution in [0.1, 0.15) is 12.5 Å². The van der Waals surface area contributed by atoms with Crippen molar-refractivity contribution < 1.29 is 9.90 Å². The zero-order valence-electron chi connectivity index (χ0n) is 9.76. The van der Waals surface area contributed by atoms with Crippen LogP contribution in [-0.4, -0.2) is 27.8 Å². The maximum absolute atomic E-state index is 10.7. The lowest BCUT2D eigenvalue weighted by Gasteiger charge is -2.09. The van der Waals surface area contributed by atoms with Gasteiger partial charge in [-0.15, -0.1) is 11.8 Å². The Morgan fingerprint density at radius 3 is 3.06 bits per heavy atom. The molecule has 2 atom stereocenters. The molecule has 0 radical (unpaired) electrons. The zero-order valence-corrected chi connectivity index (χ0v) is 11.4. The minimum atomic E-state index is -0.695. The SMILES string of the molecule is CC(CSCC1Cc2ccccc2S1)C(=O)O. The topological polar surface area (TPSA) is 37.3 Å². The lowest BCUT2D eigenvalue weighted by molar-refractivity contribution is -0.140. The number of carboxylic acids is 1. The van der Waals surface area contributed by atoms with Gasteiger partial charge in [-0.05, 0) is 18.1 Å². The summed E-state index contributed by atoms with van der Waals surface area (Å²) in [5.41, 5.74) is 1.44. The maximum atomic E-state index is 10.7. The molecule has 0 bridgehead atoms. The first-order valence-corrected chi connectivity index (χ1v) is 7.75. The van der Waals surface area contributed by atoms with E-state index in [0.717, 1.165) is 12.2 Å². The summed E-state index contributed by atoms with van der Waals surface area (Å²) in [6.45, 7) is 1.77. The molecule has 17 heavy (non-hydrogen) atoms. The molecule has 1 heterocycles. The number of fused-ring (bicyclic) bond motifs is 1. The van der Waals surface area contributed by atoms with Gasteiger partial charge < -0.3 is 5.11 Å². The second-order valence-corrected chi connectivity index (χ2v) is 6.75. The van der Waals surface area contributed by atoms with Gasteiger partial charge in [-0.2, -0.15) is 11.8 Å². The highest BCUT2D eigenvalue weighted by molar-refractivity contribution is 8.03. The molecule has 0 amide bonds. The Bertz CT molecular complexity index is 381. The highest BCUT2D eigenvalue weighted by atomic mass is 32.2. The highest BCUT2D eigenvalue weighted by Crippen LogP contribution is 2.38. The van der Waals surface area contributed by atoms with E-state index in [1.807, 2.05) is 11.8 Å². The smallest absolute Gasteiger partial charge is 0.307 e. The summed E-state index contributed by atoms with van der Waals surface area (Å²) in [4.78, 5) is 12.1. The lowest BCUT2D eigenvalue weighted by atomic mass is 10.1. The summed E-state index contributed by atoms with van der Waals surface area (Å²) in [5.74, 6) is 0.813. The number of benzene rings is 1. The van der Waals surface area contributed by atoms with Gasteiger partial charge in [-0.25, -0.2) is 0 Å². The number of carbonyl (C=O) groups is 1. The van der Waals surface area contributed by atoms with Crippen LogP contribution in [0.25, 0.3) is 0 Å². The van der Waals surface area contributed by atoms with Gasteiger partial charge in [0.15, 0.2) is 0 Å².